The first-order valence-electron chi connectivity index (χ1n) is 10.8. The van der Waals surface area contributed by atoms with Crippen molar-refractivity contribution in [3.05, 3.63) is 93.8 Å². The second-order valence-corrected chi connectivity index (χ2v) is 8.33. The van der Waals surface area contributed by atoms with Crippen molar-refractivity contribution in [3.8, 4) is 0 Å². The maximum absolute atomic E-state index is 14.6. The van der Waals surface area contributed by atoms with Gasteiger partial charge in [0.1, 0.15) is 23.3 Å². The van der Waals surface area contributed by atoms with Crippen molar-refractivity contribution >= 4 is 17.6 Å². The Hall–Kier alpha value is -3.95. The van der Waals surface area contributed by atoms with Crippen molar-refractivity contribution in [1.82, 2.24) is 15.2 Å². The van der Waals surface area contributed by atoms with Gasteiger partial charge in [-0.2, -0.15) is 0 Å². The third-order valence-electron chi connectivity index (χ3n) is 6.15. The number of halogens is 4. The van der Waals surface area contributed by atoms with E-state index in [0.717, 1.165) is 5.56 Å². The van der Waals surface area contributed by atoms with E-state index in [4.69, 9.17) is 0 Å². The maximum atomic E-state index is 14.6. The van der Waals surface area contributed by atoms with E-state index in [1.807, 2.05) is 6.92 Å². The fourth-order valence-electron chi connectivity index (χ4n) is 4.00. The van der Waals surface area contributed by atoms with E-state index in [1.165, 1.54) is 41.1 Å². The number of rotatable bonds is 5. The molecule has 0 saturated carbocycles. The quantitative estimate of drug-likeness (QED) is 0.516. The number of aryl methyl sites for hydroxylation is 1. The zero-order chi connectivity index (χ0) is 25.4. The number of hydrogen-bond donors (Lipinski definition) is 1. The lowest BCUT2D eigenvalue weighted by molar-refractivity contribution is 0.0950. The van der Waals surface area contributed by atoms with E-state index in [-0.39, 0.29) is 35.4 Å². The van der Waals surface area contributed by atoms with Gasteiger partial charge in [-0.15, -0.1) is 0 Å². The molecule has 1 atom stereocenters. The van der Waals surface area contributed by atoms with Gasteiger partial charge in [0, 0.05) is 48.6 Å². The molecule has 0 spiro atoms. The summed E-state index contributed by atoms with van der Waals surface area (Å²) in [7, 11) is 1.63. The largest absolute Gasteiger partial charge is 0.348 e. The molecule has 2 aromatic carbocycles. The summed E-state index contributed by atoms with van der Waals surface area (Å²) >= 11 is 0. The Balaban J connectivity index is 1.64. The minimum Gasteiger partial charge on any atom is -0.348 e. The number of nitrogens with zero attached hydrogens (tertiary/aromatic N) is 3. The fraction of sp³-hybridized carbons (Fsp3) is 0.240. The number of fused-ring (bicyclic) bond motifs is 1. The van der Waals surface area contributed by atoms with E-state index in [2.05, 4.69) is 10.3 Å². The van der Waals surface area contributed by atoms with Crippen LogP contribution in [0.3, 0.4) is 0 Å². The second-order valence-electron chi connectivity index (χ2n) is 8.33. The monoisotopic (exact) mass is 486 g/mol. The zero-order valence-corrected chi connectivity index (χ0v) is 19.2. The summed E-state index contributed by atoms with van der Waals surface area (Å²) in [5.74, 6) is -4.47. The Morgan fingerprint density at radius 2 is 1.77 bits per heavy atom. The van der Waals surface area contributed by atoms with Gasteiger partial charge in [-0.25, -0.2) is 22.4 Å². The Kier molecular flexibility index (Phi) is 6.47. The van der Waals surface area contributed by atoms with Crippen LogP contribution in [-0.4, -0.2) is 28.9 Å². The number of amides is 3. The molecule has 0 aliphatic carbocycles. The minimum absolute atomic E-state index is 0.0881. The molecule has 4 rings (SSSR count). The molecule has 0 fully saturated rings. The summed E-state index contributed by atoms with van der Waals surface area (Å²) in [5, 5.41) is 2.41. The summed E-state index contributed by atoms with van der Waals surface area (Å²) in [4.78, 5) is 32.6. The number of benzene rings is 2. The van der Waals surface area contributed by atoms with Gasteiger partial charge in [0.25, 0.3) is 5.91 Å². The molecule has 1 aliphatic rings. The summed E-state index contributed by atoms with van der Waals surface area (Å²) in [6, 6.07) is 6.55. The number of nitrogens with one attached hydrogen (secondary N) is 1. The average molecular weight is 486 g/mol. The van der Waals surface area contributed by atoms with Crippen LogP contribution >= 0.6 is 0 Å². The molecule has 1 unspecified atom stereocenters. The van der Waals surface area contributed by atoms with Gasteiger partial charge >= 0.3 is 6.03 Å². The van der Waals surface area contributed by atoms with Gasteiger partial charge < -0.3 is 10.2 Å². The van der Waals surface area contributed by atoms with Gasteiger partial charge in [-0.05, 0) is 37.6 Å². The highest BCUT2D eigenvalue weighted by atomic mass is 19.1. The lowest BCUT2D eigenvalue weighted by Crippen LogP contribution is -2.46. The maximum Gasteiger partial charge on any atom is 0.325 e. The molecule has 2 heterocycles. The van der Waals surface area contributed by atoms with E-state index in [0.29, 0.717) is 17.8 Å². The third kappa shape index (κ3) is 4.55. The highest BCUT2D eigenvalue weighted by Gasteiger charge is 2.34. The molecule has 6 nitrogen and oxygen atoms in total. The molecular weight excluding hydrogens is 464 g/mol. The predicted octanol–water partition coefficient (Wildman–Crippen LogP) is 5.01. The molecule has 1 aliphatic heterocycles. The molecule has 182 valence electrons. The lowest BCUT2D eigenvalue weighted by atomic mass is 9.98. The number of carbonyl (C=O) groups excluding carboxylic acids is 2. The number of carbonyl (C=O) groups is 2. The average Bonchev–Trinajstić information content (AvgIpc) is 2.81. The van der Waals surface area contributed by atoms with Crippen LogP contribution in [0.2, 0.25) is 0 Å². The standard InChI is InChI=1S/C25H22F4N4O2/c1-13-23(29)16(6-7-30-13)12-33-22-8-15(4-5-18(22)14(2)32(3)25(33)35)24(34)31-11-19-20(27)9-17(26)10-21(19)28/h4-10,14H,11-12H2,1-3H3,(H,31,34). The summed E-state index contributed by atoms with van der Waals surface area (Å²) < 4.78 is 55.6. The summed E-state index contributed by atoms with van der Waals surface area (Å²) in [6.07, 6.45) is 1.45. The first-order chi connectivity index (χ1) is 16.6. The highest BCUT2D eigenvalue weighted by molar-refractivity contribution is 5.99. The van der Waals surface area contributed by atoms with Crippen LogP contribution in [0.15, 0.2) is 42.6 Å². The number of pyridine rings is 1. The van der Waals surface area contributed by atoms with E-state index in [9.17, 15) is 27.2 Å². The minimum atomic E-state index is -1.11. The summed E-state index contributed by atoms with van der Waals surface area (Å²) in [5.41, 5.74) is 1.27. The third-order valence-corrected chi connectivity index (χ3v) is 6.15. The molecular formula is C25H22F4N4O2. The van der Waals surface area contributed by atoms with Crippen molar-refractivity contribution in [2.45, 2.75) is 33.0 Å². The molecule has 3 amide bonds. The topological polar surface area (TPSA) is 65.5 Å². The molecule has 1 aromatic heterocycles. The van der Waals surface area contributed by atoms with Crippen LogP contribution in [0.5, 0.6) is 0 Å². The van der Waals surface area contributed by atoms with Crippen LogP contribution < -0.4 is 10.2 Å². The smallest absolute Gasteiger partial charge is 0.325 e. The highest BCUT2D eigenvalue weighted by Crippen LogP contribution is 2.37. The zero-order valence-electron chi connectivity index (χ0n) is 19.2. The first kappa shape index (κ1) is 24.2. The van der Waals surface area contributed by atoms with Gasteiger partial charge in [0.15, 0.2) is 0 Å². The van der Waals surface area contributed by atoms with Gasteiger partial charge in [-0.3, -0.25) is 14.7 Å². The molecule has 35 heavy (non-hydrogen) atoms. The Morgan fingerprint density at radius 3 is 2.46 bits per heavy atom. The second kappa shape index (κ2) is 9.36. The van der Waals surface area contributed by atoms with E-state index >= 15 is 0 Å². The number of urea groups is 1. The van der Waals surface area contributed by atoms with Gasteiger partial charge in [0.05, 0.1) is 24.0 Å². The van der Waals surface area contributed by atoms with E-state index < -0.39 is 41.3 Å². The molecule has 0 bridgehead atoms. The normalized spacial score (nSPS) is 15.3. The predicted molar refractivity (Wildman–Crippen MR) is 121 cm³/mol. The summed E-state index contributed by atoms with van der Waals surface area (Å²) in [6.45, 7) is 2.76. The first-order valence-corrected chi connectivity index (χ1v) is 10.8. The van der Waals surface area contributed by atoms with Crippen LogP contribution in [0.25, 0.3) is 0 Å². The molecule has 3 aromatic rings. The Labute approximate surface area is 199 Å². The SMILES string of the molecule is Cc1nccc(CN2C(=O)N(C)C(C)c3ccc(C(=O)NCc4c(F)cc(F)cc4F)cc32)c1F. The lowest BCUT2D eigenvalue weighted by Gasteiger charge is -2.39. The van der Waals surface area contributed by atoms with Crippen molar-refractivity contribution in [1.29, 1.82) is 0 Å². The van der Waals surface area contributed by atoms with Crippen LogP contribution in [0.4, 0.5) is 28.0 Å². The molecule has 0 radical (unpaired) electrons. The number of aromatic nitrogens is 1. The molecule has 0 saturated heterocycles. The van der Waals surface area contributed by atoms with Crippen LogP contribution in [-0.2, 0) is 13.1 Å². The van der Waals surface area contributed by atoms with Crippen molar-refractivity contribution < 1.29 is 27.2 Å². The Morgan fingerprint density at radius 1 is 1.09 bits per heavy atom. The van der Waals surface area contributed by atoms with Crippen molar-refractivity contribution in [2.24, 2.45) is 0 Å². The molecule has 10 heteroatoms. The van der Waals surface area contributed by atoms with Gasteiger partial charge in [-0.1, -0.05) is 6.07 Å². The van der Waals surface area contributed by atoms with Crippen molar-refractivity contribution in [3.63, 3.8) is 0 Å². The van der Waals surface area contributed by atoms with Gasteiger partial charge in [0.2, 0.25) is 0 Å². The Bertz CT molecular complexity index is 1310. The van der Waals surface area contributed by atoms with E-state index in [1.54, 1.807) is 13.1 Å². The van der Waals surface area contributed by atoms with Crippen molar-refractivity contribution in [2.75, 3.05) is 11.9 Å². The number of anilines is 1. The number of hydrogen-bond acceptors (Lipinski definition) is 3. The van der Waals surface area contributed by atoms with Crippen LogP contribution in [0, 0.1) is 30.2 Å². The fourth-order valence-corrected chi connectivity index (χ4v) is 4.00. The van der Waals surface area contributed by atoms with Crippen LogP contribution in [0.1, 0.15) is 45.7 Å². The molecule has 1 N–H and O–H groups in total.